The lowest BCUT2D eigenvalue weighted by atomic mass is 10.2. The predicted octanol–water partition coefficient (Wildman–Crippen LogP) is 3.07. The van der Waals surface area contributed by atoms with Gasteiger partial charge in [0.25, 0.3) is 0 Å². The first-order valence-corrected chi connectivity index (χ1v) is 6.10. The maximum Gasteiger partial charge on any atom is 0.193 e. The van der Waals surface area contributed by atoms with Gasteiger partial charge in [0.05, 0.1) is 0 Å². The fraction of sp³-hybridized carbons (Fsp3) is 0.462. The molecule has 0 fully saturated rings. The summed E-state index contributed by atoms with van der Waals surface area (Å²) in [7, 11) is 0. The molecule has 88 valence electrons. The Kier molecular flexibility index (Phi) is 5.43. The Labute approximate surface area is 103 Å². The lowest BCUT2D eigenvalue weighted by molar-refractivity contribution is 0.0416. The highest BCUT2D eigenvalue weighted by Gasteiger charge is 2.13. The van der Waals surface area contributed by atoms with Gasteiger partial charge in [0.2, 0.25) is 0 Å². The topological polar surface area (TPSA) is 12.5 Å². The van der Waals surface area contributed by atoms with Crippen molar-refractivity contribution in [3.8, 4) is 0 Å². The van der Waals surface area contributed by atoms with Gasteiger partial charge in [-0.05, 0) is 32.2 Å². The molecule has 0 aliphatic heterocycles. The van der Waals surface area contributed by atoms with Crippen LogP contribution < -0.4 is 0 Å². The molecule has 0 N–H and O–H groups in total. The van der Waals surface area contributed by atoms with E-state index in [4.69, 9.17) is 17.0 Å². The molecule has 16 heavy (non-hydrogen) atoms. The average molecular weight is 237 g/mol. The van der Waals surface area contributed by atoms with Crippen LogP contribution in [-0.2, 0) is 4.74 Å². The minimum Gasteiger partial charge on any atom is -0.464 e. The van der Waals surface area contributed by atoms with Crippen molar-refractivity contribution < 1.29 is 4.74 Å². The van der Waals surface area contributed by atoms with E-state index in [1.165, 1.54) is 0 Å². The first-order valence-electron chi connectivity index (χ1n) is 5.69. The highest BCUT2D eigenvalue weighted by atomic mass is 32.1. The van der Waals surface area contributed by atoms with E-state index in [0.29, 0.717) is 5.05 Å². The minimum atomic E-state index is 0.0303. The number of thiocarbonyl (C=S) groups is 1. The second-order valence-corrected chi connectivity index (χ2v) is 3.96. The molecule has 2 nitrogen and oxygen atoms in total. The molecule has 1 unspecified atom stereocenters. The molecule has 0 aromatic heterocycles. The summed E-state index contributed by atoms with van der Waals surface area (Å²) >= 11 is 5.26. The quantitative estimate of drug-likeness (QED) is 0.577. The standard InChI is InChI=1S/C13H19NOS/c1-4-14(5-2)11(3)15-13(16)12-9-7-6-8-10-12/h6-11H,4-5H2,1-3H3. The van der Waals surface area contributed by atoms with Gasteiger partial charge in [0.1, 0.15) is 0 Å². The molecule has 0 bridgehead atoms. The molecule has 0 spiro atoms. The van der Waals surface area contributed by atoms with E-state index in [9.17, 15) is 0 Å². The van der Waals surface area contributed by atoms with E-state index in [2.05, 4.69) is 18.7 Å². The zero-order valence-corrected chi connectivity index (χ0v) is 11.0. The van der Waals surface area contributed by atoms with E-state index in [0.717, 1.165) is 18.7 Å². The Hall–Kier alpha value is -0.930. The molecule has 1 rings (SSSR count). The van der Waals surface area contributed by atoms with Gasteiger partial charge in [-0.2, -0.15) is 0 Å². The van der Waals surface area contributed by atoms with Crippen molar-refractivity contribution >= 4 is 17.3 Å². The highest BCUT2D eigenvalue weighted by Crippen LogP contribution is 2.08. The number of ether oxygens (including phenoxy) is 1. The van der Waals surface area contributed by atoms with Crippen molar-refractivity contribution in [2.45, 2.75) is 27.0 Å². The smallest absolute Gasteiger partial charge is 0.193 e. The Morgan fingerprint density at radius 2 is 1.81 bits per heavy atom. The summed E-state index contributed by atoms with van der Waals surface area (Å²) in [6.45, 7) is 8.20. The van der Waals surface area contributed by atoms with E-state index in [1.54, 1.807) is 0 Å². The van der Waals surface area contributed by atoms with Crippen LogP contribution in [0.2, 0.25) is 0 Å². The SMILES string of the molecule is CCN(CC)C(C)OC(=S)c1ccccc1. The normalized spacial score (nSPS) is 12.5. The van der Waals surface area contributed by atoms with E-state index in [1.807, 2.05) is 37.3 Å². The van der Waals surface area contributed by atoms with Crippen molar-refractivity contribution in [2.75, 3.05) is 13.1 Å². The summed E-state index contributed by atoms with van der Waals surface area (Å²) in [5.74, 6) is 0. The summed E-state index contributed by atoms with van der Waals surface area (Å²) in [4.78, 5) is 2.22. The highest BCUT2D eigenvalue weighted by molar-refractivity contribution is 7.80. The molecule has 3 heteroatoms. The molecule has 0 saturated carbocycles. The lowest BCUT2D eigenvalue weighted by Gasteiger charge is -2.26. The fourth-order valence-electron chi connectivity index (χ4n) is 1.61. The second-order valence-electron chi connectivity index (χ2n) is 3.59. The molecule has 1 atom stereocenters. The van der Waals surface area contributed by atoms with Gasteiger partial charge in [-0.15, -0.1) is 0 Å². The van der Waals surface area contributed by atoms with Crippen LogP contribution in [0.15, 0.2) is 30.3 Å². The van der Waals surface area contributed by atoms with Crippen molar-refractivity contribution in [3.63, 3.8) is 0 Å². The van der Waals surface area contributed by atoms with Crippen LogP contribution in [0.4, 0.5) is 0 Å². The number of rotatable bonds is 5. The van der Waals surface area contributed by atoms with Crippen molar-refractivity contribution in [1.82, 2.24) is 4.90 Å². The molecule has 0 radical (unpaired) electrons. The van der Waals surface area contributed by atoms with Crippen molar-refractivity contribution in [2.24, 2.45) is 0 Å². The third-order valence-electron chi connectivity index (χ3n) is 2.61. The second kappa shape index (κ2) is 6.61. The zero-order chi connectivity index (χ0) is 12.0. The molecule has 1 aromatic carbocycles. The largest absolute Gasteiger partial charge is 0.464 e. The number of hydrogen-bond acceptors (Lipinski definition) is 3. The van der Waals surface area contributed by atoms with Crippen molar-refractivity contribution in [3.05, 3.63) is 35.9 Å². The average Bonchev–Trinajstić information content (AvgIpc) is 2.31. The van der Waals surface area contributed by atoms with Crippen LogP contribution in [0.25, 0.3) is 0 Å². The summed E-state index contributed by atoms with van der Waals surface area (Å²) in [5.41, 5.74) is 0.969. The first-order chi connectivity index (χ1) is 7.69. The Bertz CT molecular complexity index is 322. The van der Waals surface area contributed by atoms with E-state index >= 15 is 0 Å². The molecule has 0 aliphatic carbocycles. The van der Waals surface area contributed by atoms with Gasteiger partial charge < -0.3 is 4.74 Å². The zero-order valence-electron chi connectivity index (χ0n) is 10.1. The predicted molar refractivity (Wildman–Crippen MR) is 71.6 cm³/mol. The monoisotopic (exact) mass is 237 g/mol. The maximum atomic E-state index is 5.74. The van der Waals surface area contributed by atoms with Gasteiger partial charge in [-0.25, -0.2) is 0 Å². The van der Waals surface area contributed by atoms with Gasteiger partial charge in [-0.3, -0.25) is 4.90 Å². The first kappa shape index (κ1) is 13.1. The molecular formula is C13H19NOS. The Balaban J connectivity index is 2.58. The van der Waals surface area contributed by atoms with Crippen LogP contribution in [0.3, 0.4) is 0 Å². The van der Waals surface area contributed by atoms with Gasteiger partial charge in [-0.1, -0.05) is 44.2 Å². The summed E-state index contributed by atoms with van der Waals surface area (Å²) < 4.78 is 5.74. The van der Waals surface area contributed by atoms with Crippen LogP contribution in [0.5, 0.6) is 0 Å². The third kappa shape index (κ3) is 3.58. The van der Waals surface area contributed by atoms with Crippen LogP contribution in [0, 0.1) is 0 Å². The van der Waals surface area contributed by atoms with Crippen LogP contribution in [-0.4, -0.2) is 29.3 Å². The summed E-state index contributed by atoms with van der Waals surface area (Å²) in [6.07, 6.45) is 0.0303. The summed E-state index contributed by atoms with van der Waals surface area (Å²) in [5, 5.41) is 0.569. The van der Waals surface area contributed by atoms with Crippen molar-refractivity contribution in [1.29, 1.82) is 0 Å². The maximum absolute atomic E-state index is 5.74. The van der Waals surface area contributed by atoms with Gasteiger partial charge in [0.15, 0.2) is 11.3 Å². The number of nitrogens with zero attached hydrogens (tertiary/aromatic N) is 1. The third-order valence-corrected chi connectivity index (χ3v) is 2.95. The van der Waals surface area contributed by atoms with Gasteiger partial charge in [0, 0.05) is 5.56 Å². The van der Waals surface area contributed by atoms with Crippen LogP contribution >= 0.6 is 12.2 Å². The Morgan fingerprint density at radius 3 is 2.31 bits per heavy atom. The summed E-state index contributed by atoms with van der Waals surface area (Å²) in [6, 6.07) is 9.84. The number of benzene rings is 1. The van der Waals surface area contributed by atoms with Gasteiger partial charge >= 0.3 is 0 Å². The molecule has 1 aromatic rings. The van der Waals surface area contributed by atoms with E-state index in [-0.39, 0.29) is 6.23 Å². The molecule has 0 heterocycles. The fourth-order valence-corrected chi connectivity index (χ4v) is 1.88. The lowest BCUT2D eigenvalue weighted by Crippen LogP contribution is -2.36. The molecule has 0 aliphatic rings. The molecular weight excluding hydrogens is 218 g/mol. The molecule has 0 amide bonds. The number of hydrogen-bond donors (Lipinski definition) is 0. The van der Waals surface area contributed by atoms with E-state index < -0.39 is 0 Å². The minimum absolute atomic E-state index is 0.0303. The van der Waals surface area contributed by atoms with Crippen LogP contribution in [0.1, 0.15) is 26.3 Å². The molecule has 0 saturated heterocycles. The Morgan fingerprint density at radius 1 is 1.25 bits per heavy atom.